The smallest absolute Gasteiger partial charge is 0.416 e. The molecule has 1 N–H and O–H groups in total. The van der Waals surface area contributed by atoms with Gasteiger partial charge in [-0.05, 0) is 43.2 Å². The number of nitro groups is 1. The van der Waals surface area contributed by atoms with Crippen LogP contribution < -0.4 is 15.1 Å². The van der Waals surface area contributed by atoms with E-state index in [9.17, 15) is 32.9 Å². The van der Waals surface area contributed by atoms with Crippen LogP contribution in [-0.4, -0.2) is 62.8 Å². The molecule has 2 fully saturated rings. The number of ether oxygens (including phenoxy) is 2. The number of morpholine rings is 1. The summed E-state index contributed by atoms with van der Waals surface area (Å²) in [6.45, 7) is 2.17. The fourth-order valence-electron chi connectivity index (χ4n) is 4.32. The third-order valence-electron chi connectivity index (χ3n) is 6.14. The van der Waals surface area contributed by atoms with E-state index >= 15 is 0 Å². The SMILES string of the molecule is O=C(COC(=O)c1ccc(N2CCCC2)c([N+](=O)[O-])c1)Nc1cc(C(F)(F)F)ccc1N1CCOCC1. The summed E-state index contributed by atoms with van der Waals surface area (Å²) in [5, 5.41) is 13.9. The molecule has 2 saturated heterocycles. The lowest BCUT2D eigenvalue weighted by Crippen LogP contribution is -2.37. The molecule has 198 valence electrons. The van der Waals surface area contributed by atoms with Gasteiger partial charge in [0.2, 0.25) is 0 Å². The Balaban J connectivity index is 1.45. The average molecular weight is 522 g/mol. The maximum Gasteiger partial charge on any atom is 0.416 e. The second-order valence-corrected chi connectivity index (χ2v) is 8.61. The number of esters is 1. The highest BCUT2D eigenvalue weighted by Gasteiger charge is 2.32. The fourth-order valence-corrected chi connectivity index (χ4v) is 4.32. The molecule has 0 unspecified atom stereocenters. The summed E-state index contributed by atoms with van der Waals surface area (Å²) in [6, 6.07) is 6.97. The first-order valence-electron chi connectivity index (χ1n) is 11.7. The van der Waals surface area contributed by atoms with Crippen LogP contribution in [0.4, 0.5) is 35.9 Å². The highest BCUT2D eigenvalue weighted by molar-refractivity contribution is 5.98. The van der Waals surface area contributed by atoms with Crippen LogP contribution in [0.3, 0.4) is 0 Å². The van der Waals surface area contributed by atoms with Crippen molar-refractivity contribution in [3.8, 4) is 0 Å². The predicted octanol–water partition coefficient (Wildman–Crippen LogP) is 3.85. The standard InChI is InChI=1S/C24H25F3N4O6/c25-24(26,27)17-4-6-19(30-9-11-36-12-10-30)18(14-17)28-22(32)15-37-23(33)16-3-5-20(21(13-16)31(34)35)29-7-1-2-8-29/h3-6,13-14H,1-2,7-12,15H2,(H,28,32). The van der Waals surface area contributed by atoms with Gasteiger partial charge in [0.05, 0.1) is 40.6 Å². The molecule has 0 aromatic heterocycles. The van der Waals surface area contributed by atoms with E-state index in [0.29, 0.717) is 50.8 Å². The Morgan fingerprint density at radius 1 is 1.00 bits per heavy atom. The normalized spacial score (nSPS) is 16.0. The Kier molecular flexibility index (Phi) is 7.81. The molecule has 0 bridgehead atoms. The number of alkyl halides is 3. The average Bonchev–Trinajstić information content (AvgIpc) is 3.42. The van der Waals surface area contributed by atoms with Gasteiger partial charge < -0.3 is 24.6 Å². The van der Waals surface area contributed by atoms with Gasteiger partial charge in [-0.15, -0.1) is 0 Å². The predicted molar refractivity (Wildman–Crippen MR) is 128 cm³/mol. The molecule has 0 aliphatic carbocycles. The molecular weight excluding hydrogens is 497 g/mol. The molecule has 0 atom stereocenters. The van der Waals surface area contributed by atoms with Gasteiger partial charge >= 0.3 is 12.1 Å². The van der Waals surface area contributed by atoms with Crippen LogP contribution in [0.2, 0.25) is 0 Å². The summed E-state index contributed by atoms with van der Waals surface area (Å²) >= 11 is 0. The van der Waals surface area contributed by atoms with Crippen molar-refractivity contribution in [3.63, 3.8) is 0 Å². The van der Waals surface area contributed by atoms with E-state index in [0.717, 1.165) is 31.0 Å². The monoisotopic (exact) mass is 522 g/mol. The van der Waals surface area contributed by atoms with E-state index in [1.807, 2.05) is 4.90 Å². The summed E-state index contributed by atoms with van der Waals surface area (Å²) in [5.74, 6) is -1.82. The maximum atomic E-state index is 13.3. The minimum Gasteiger partial charge on any atom is -0.452 e. The molecule has 0 spiro atoms. The first kappa shape index (κ1) is 26.2. The van der Waals surface area contributed by atoms with E-state index in [1.54, 1.807) is 4.90 Å². The van der Waals surface area contributed by atoms with Crippen molar-refractivity contribution in [2.75, 3.05) is 61.1 Å². The van der Waals surface area contributed by atoms with E-state index in [-0.39, 0.29) is 16.9 Å². The summed E-state index contributed by atoms with van der Waals surface area (Å²) in [4.78, 5) is 39.6. The van der Waals surface area contributed by atoms with Crippen molar-refractivity contribution in [3.05, 3.63) is 57.6 Å². The van der Waals surface area contributed by atoms with Gasteiger partial charge in [-0.3, -0.25) is 14.9 Å². The molecule has 0 radical (unpaired) electrons. The van der Waals surface area contributed by atoms with Gasteiger partial charge in [-0.2, -0.15) is 13.2 Å². The molecule has 2 aromatic rings. The van der Waals surface area contributed by atoms with Crippen LogP contribution in [0.1, 0.15) is 28.8 Å². The van der Waals surface area contributed by atoms with Crippen molar-refractivity contribution in [2.45, 2.75) is 19.0 Å². The molecule has 1 amide bonds. The Bertz CT molecular complexity index is 1180. The molecule has 2 aromatic carbocycles. The van der Waals surface area contributed by atoms with Gasteiger partial charge in [0, 0.05) is 32.2 Å². The minimum atomic E-state index is -4.62. The van der Waals surface area contributed by atoms with Gasteiger partial charge in [0.15, 0.2) is 6.61 Å². The first-order chi connectivity index (χ1) is 17.6. The first-order valence-corrected chi connectivity index (χ1v) is 11.7. The molecule has 37 heavy (non-hydrogen) atoms. The Morgan fingerprint density at radius 3 is 2.30 bits per heavy atom. The fraction of sp³-hybridized carbons (Fsp3) is 0.417. The molecular formula is C24H25F3N4O6. The second-order valence-electron chi connectivity index (χ2n) is 8.61. The Labute approximate surface area is 210 Å². The Hall–Kier alpha value is -3.87. The number of nitro benzene ring substituents is 1. The second kappa shape index (κ2) is 11.0. The van der Waals surface area contributed by atoms with E-state index in [1.165, 1.54) is 18.2 Å². The highest BCUT2D eigenvalue weighted by Crippen LogP contribution is 2.36. The lowest BCUT2D eigenvalue weighted by Gasteiger charge is -2.31. The van der Waals surface area contributed by atoms with E-state index in [2.05, 4.69) is 5.32 Å². The van der Waals surface area contributed by atoms with Crippen LogP contribution >= 0.6 is 0 Å². The lowest BCUT2D eigenvalue weighted by atomic mass is 10.1. The van der Waals surface area contributed by atoms with Gasteiger partial charge in [0.1, 0.15) is 5.69 Å². The van der Waals surface area contributed by atoms with Crippen LogP contribution in [0, 0.1) is 10.1 Å². The van der Waals surface area contributed by atoms with Crippen molar-refractivity contribution in [1.29, 1.82) is 0 Å². The number of nitrogens with zero attached hydrogens (tertiary/aromatic N) is 3. The van der Waals surface area contributed by atoms with Crippen LogP contribution in [-0.2, 0) is 20.4 Å². The highest BCUT2D eigenvalue weighted by atomic mass is 19.4. The number of halogens is 3. The minimum absolute atomic E-state index is 0.0802. The number of hydrogen-bond acceptors (Lipinski definition) is 8. The van der Waals surface area contributed by atoms with Crippen LogP contribution in [0.5, 0.6) is 0 Å². The summed E-state index contributed by atoms with van der Waals surface area (Å²) < 4.78 is 50.1. The zero-order chi connectivity index (χ0) is 26.6. The number of carbonyl (C=O) groups is 2. The zero-order valence-electron chi connectivity index (χ0n) is 19.8. The summed E-state index contributed by atoms with van der Waals surface area (Å²) in [7, 11) is 0. The van der Waals surface area contributed by atoms with Gasteiger partial charge in [-0.1, -0.05) is 0 Å². The number of amides is 1. The number of hydrogen-bond donors (Lipinski definition) is 1. The molecule has 0 saturated carbocycles. The van der Waals surface area contributed by atoms with Crippen molar-refractivity contribution >= 4 is 34.6 Å². The van der Waals surface area contributed by atoms with Crippen molar-refractivity contribution in [2.24, 2.45) is 0 Å². The summed E-state index contributed by atoms with van der Waals surface area (Å²) in [6.07, 6.45) is -2.80. The number of nitrogens with one attached hydrogen (secondary N) is 1. The van der Waals surface area contributed by atoms with Gasteiger partial charge in [0.25, 0.3) is 11.6 Å². The number of benzene rings is 2. The largest absolute Gasteiger partial charge is 0.452 e. The third kappa shape index (κ3) is 6.28. The quantitative estimate of drug-likeness (QED) is 0.332. The molecule has 2 aliphatic rings. The van der Waals surface area contributed by atoms with Crippen LogP contribution in [0.15, 0.2) is 36.4 Å². The summed E-state index contributed by atoms with van der Waals surface area (Å²) in [5.41, 5.74) is -0.609. The van der Waals surface area contributed by atoms with Crippen molar-refractivity contribution in [1.82, 2.24) is 0 Å². The van der Waals surface area contributed by atoms with Crippen molar-refractivity contribution < 1.29 is 37.2 Å². The molecule has 2 aliphatic heterocycles. The molecule has 4 rings (SSSR count). The number of rotatable bonds is 7. The van der Waals surface area contributed by atoms with Crippen LogP contribution in [0.25, 0.3) is 0 Å². The van der Waals surface area contributed by atoms with E-state index in [4.69, 9.17) is 9.47 Å². The lowest BCUT2D eigenvalue weighted by molar-refractivity contribution is -0.384. The Morgan fingerprint density at radius 2 is 1.65 bits per heavy atom. The van der Waals surface area contributed by atoms with E-state index < -0.39 is 35.1 Å². The molecule has 13 heteroatoms. The zero-order valence-corrected chi connectivity index (χ0v) is 19.8. The topological polar surface area (TPSA) is 114 Å². The molecule has 2 heterocycles. The number of anilines is 3. The van der Waals surface area contributed by atoms with Gasteiger partial charge in [-0.25, -0.2) is 4.79 Å². The maximum absolute atomic E-state index is 13.3. The molecule has 10 nitrogen and oxygen atoms in total. The third-order valence-corrected chi connectivity index (χ3v) is 6.14. The number of carbonyl (C=O) groups excluding carboxylic acids is 2.